The van der Waals surface area contributed by atoms with Gasteiger partial charge in [-0.3, -0.25) is 10.1 Å². The highest BCUT2D eigenvalue weighted by Gasteiger charge is 2.46. The number of terminal acetylenes is 1. The standard InChI is InChI=1S/C12H11NO2/c1-3-12(6-7-12)10-8-9(2)4-5-11(10)13(14)15/h1,4-5,8H,6-7H2,2H3. The van der Waals surface area contributed by atoms with E-state index in [1.165, 1.54) is 0 Å². The highest BCUT2D eigenvalue weighted by Crippen LogP contribution is 2.50. The van der Waals surface area contributed by atoms with Crippen LogP contribution in [0.15, 0.2) is 18.2 Å². The van der Waals surface area contributed by atoms with Gasteiger partial charge in [0.05, 0.1) is 10.3 Å². The van der Waals surface area contributed by atoms with Gasteiger partial charge in [0.2, 0.25) is 0 Å². The molecule has 1 saturated carbocycles. The molecule has 0 aliphatic heterocycles. The third-order valence-corrected chi connectivity index (χ3v) is 2.89. The van der Waals surface area contributed by atoms with Crippen LogP contribution in [0.5, 0.6) is 0 Å². The van der Waals surface area contributed by atoms with Crippen LogP contribution in [0.1, 0.15) is 24.0 Å². The minimum atomic E-state index is -0.367. The Morgan fingerprint density at radius 2 is 2.20 bits per heavy atom. The molecule has 3 nitrogen and oxygen atoms in total. The summed E-state index contributed by atoms with van der Waals surface area (Å²) in [6, 6.07) is 5.13. The van der Waals surface area contributed by atoms with E-state index in [1.807, 2.05) is 13.0 Å². The summed E-state index contributed by atoms with van der Waals surface area (Å²) in [4.78, 5) is 10.5. The van der Waals surface area contributed by atoms with Crippen LogP contribution in [0.25, 0.3) is 0 Å². The molecule has 1 fully saturated rings. The quantitative estimate of drug-likeness (QED) is 0.419. The summed E-state index contributed by atoms with van der Waals surface area (Å²) in [5, 5.41) is 10.9. The van der Waals surface area contributed by atoms with E-state index < -0.39 is 0 Å². The number of hydrogen-bond acceptors (Lipinski definition) is 2. The number of nitro groups is 1. The van der Waals surface area contributed by atoms with Gasteiger partial charge in [-0.25, -0.2) is 0 Å². The average Bonchev–Trinajstić information content (AvgIpc) is 2.97. The lowest BCUT2D eigenvalue weighted by Crippen LogP contribution is -2.07. The summed E-state index contributed by atoms with van der Waals surface area (Å²) in [5.74, 6) is 2.69. The predicted octanol–water partition coefficient (Wildman–Crippen LogP) is 2.57. The molecule has 0 spiro atoms. The summed E-state index contributed by atoms with van der Waals surface area (Å²) in [5.41, 5.74) is 1.50. The number of hydrogen-bond donors (Lipinski definition) is 0. The van der Waals surface area contributed by atoms with Gasteiger partial charge in [-0.2, -0.15) is 0 Å². The van der Waals surface area contributed by atoms with Crippen molar-refractivity contribution in [3.05, 3.63) is 39.4 Å². The monoisotopic (exact) mass is 201 g/mol. The maximum Gasteiger partial charge on any atom is 0.274 e. The second kappa shape index (κ2) is 3.09. The van der Waals surface area contributed by atoms with E-state index in [2.05, 4.69) is 5.92 Å². The fourth-order valence-electron chi connectivity index (χ4n) is 1.81. The molecule has 0 N–H and O–H groups in total. The molecular formula is C12H11NO2. The van der Waals surface area contributed by atoms with E-state index in [0.717, 1.165) is 18.4 Å². The molecule has 0 amide bonds. The Hall–Kier alpha value is -1.82. The smallest absolute Gasteiger partial charge is 0.258 e. The normalized spacial score (nSPS) is 16.8. The van der Waals surface area contributed by atoms with Crippen molar-refractivity contribution in [2.24, 2.45) is 0 Å². The zero-order valence-corrected chi connectivity index (χ0v) is 8.49. The molecule has 0 heterocycles. The Morgan fingerprint density at radius 3 is 2.67 bits per heavy atom. The molecular weight excluding hydrogens is 190 g/mol. The van der Waals surface area contributed by atoms with Crippen LogP contribution >= 0.6 is 0 Å². The van der Waals surface area contributed by atoms with Crippen LogP contribution in [-0.4, -0.2) is 4.92 Å². The Morgan fingerprint density at radius 1 is 1.53 bits per heavy atom. The molecule has 76 valence electrons. The van der Waals surface area contributed by atoms with Gasteiger partial charge in [0.1, 0.15) is 0 Å². The van der Waals surface area contributed by atoms with Crippen LogP contribution in [0.2, 0.25) is 0 Å². The number of rotatable bonds is 2. The Labute approximate surface area is 88.3 Å². The highest BCUT2D eigenvalue weighted by atomic mass is 16.6. The highest BCUT2D eigenvalue weighted by molar-refractivity contribution is 5.54. The lowest BCUT2D eigenvalue weighted by molar-refractivity contribution is -0.385. The largest absolute Gasteiger partial charge is 0.274 e. The molecule has 0 aromatic heterocycles. The average molecular weight is 201 g/mol. The molecule has 0 saturated heterocycles. The lowest BCUT2D eigenvalue weighted by Gasteiger charge is -2.09. The minimum Gasteiger partial charge on any atom is -0.258 e. The van der Waals surface area contributed by atoms with Gasteiger partial charge < -0.3 is 0 Å². The van der Waals surface area contributed by atoms with Crippen LogP contribution < -0.4 is 0 Å². The second-order valence-corrected chi connectivity index (χ2v) is 4.00. The Kier molecular flexibility index (Phi) is 2.01. The lowest BCUT2D eigenvalue weighted by atomic mass is 9.94. The maximum absolute atomic E-state index is 10.9. The second-order valence-electron chi connectivity index (χ2n) is 4.00. The van der Waals surface area contributed by atoms with Gasteiger partial charge in [-0.05, 0) is 25.8 Å². The van der Waals surface area contributed by atoms with Crippen molar-refractivity contribution in [2.75, 3.05) is 0 Å². The van der Waals surface area contributed by atoms with Gasteiger partial charge in [0.25, 0.3) is 5.69 Å². The van der Waals surface area contributed by atoms with Crippen molar-refractivity contribution in [3.63, 3.8) is 0 Å². The first kappa shape index (κ1) is 9.72. The molecule has 3 heteroatoms. The molecule has 1 aliphatic rings. The first-order valence-electron chi connectivity index (χ1n) is 4.82. The number of aryl methyl sites for hydroxylation is 1. The summed E-state index contributed by atoms with van der Waals surface area (Å²) >= 11 is 0. The third kappa shape index (κ3) is 1.48. The first-order chi connectivity index (χ1) is 7.09. The number of benzene rings is 1. The summed E-state index contributed by atoms with van der Waals surface area (Å²) in [7, 11) is 0. The van der Waals surface area contributed by atoms with E-state index >= 15 is 0 Å². The van der Waals surface area contributed by atoms with Crippen molar-refractivity contribution in [2.45, 2.75) is 25.2 Å². The fourth-order valence-corrected chi connectivity index (χ4v) is 1.81. The SMILES string of the molecule is C#CC1(c2cc(C)ccc2[N+](=O)[O-])CC1. The van der Waals surface area contributed by atoms with Crippen molar-refractivity contribution in [1.29, 1.82) is 0 Å². The van der Waals surface area contributed by atoms with Crippen molar-refractivity contribution < 1.29 is 4.92 Å². The van der Waals surface area contributed by atoms with E-state index in [0.29, 0.717) is 5.56 Å². The van der Waals surface area contributed by atoms with Crippen LogP contribution in [0.3, 0.4) is 0 Å². The molecule has 2 rings (SSSR count). The zero-order chi connectivity index (χ0) is 11.1. The molecule has 0 bridgehead atoms. The molecule has 15 heavy (non-hydrogen) atoms. The summed E-state index contributed by atoms with van der Waals surface area (Å²) in [6.07, 6.45) is 7.16. The molecule has 1 aromatic rings. The van der Waals surface area contributed by atoms with Gasteiger partial charge in [0, 0.05) is 11.6 Å². The van der Waals surface area contributed by atoms with Crippen molar-refractivity contribution >= 4 is 5.69 Å². The van der Waals surface area contributed by atoms with Crippen molar-refractivity contribution in [3.8, 4) is 12.3 Å². The minimum absolute atomic E-state index is 0.149. The Bertz CT molecular complexity index is 467. The van der Waals surface area contributed by atoms with Gasteiger partial charge in [0.15, 0.2) is 0 Å². The van der Waals surface area contributed by atoms with Crippen LogP contribution in [0.4, 0.5) is 5.69 Å². The van der Waals surface area contributed by atoms with Crippen molar-refractivity contribution in [1.82, 2.24) is 0 Å². The van der Waals surface area contributed by atoms with E-state index in [-0.39, 0.29) is 16.0 Å². The topological polar surface area (TPSA) is 43.1 Å². The molecule has 1 aromatic carbocycles. The third-order valence-electron chi connectivity index (χ3n) is 2.89. The van der Waals surface area contributed by atoms with Gasteiger partial charge in [-0.15, -0.1) is 6.42 Å². The van der Waals surface area contributed by atoms with Gasteiger partial charge >= 0.3 is 0 Å². The zero-order valence-electron chi connectivity index (χ0n) is 8.49. The summed E-state index contributed by atoms with van der Waals surface area (Å²) < 4.78 is 0. The molecule has 0 atom stereocenters. The van der Waals surface area contributed by atoms with E-state index in [4.69, 9.17) is 6.42 Å². The van der Waals surface area contributed by atoms with Gasteiger partial charge in [-0.1, -0.05) is 17.6 Å². The maximum atomic E-state index is 10.9. The summed E-state index contributed by atoms with van der Waals surface area (Å²) in [6.45, 7) is 1.92. The van der Waals surface area contributed by atoms with Crippen LogP contribution in [0, 0.1) is 29.4 Å². The molecule has 0 radical (unpaired) electrons. The van der Waals surface area contributed by atoms with E-state index in [9.17, 15) is 10.1 Å². The molecule has 0 unspecified atom stereocenters. The predicted molar refractivity (Wildman–Crippen MR) is 57.6 cm³/mol. The molecule has 1 aliphatic carbocycles. The first-order valence-corrected chi connectivity index (χ1v) is 4.82. The number of nitro benzene ring substituents is 1. The fraction of sp³-hybridized carbons (Fsp3) is 0.333. The van der Waals surface area contributed by atoms with E-state index in [1.54, 1.807) is 12.1 Å². The number of nitrogens with zero attached hydrogens (tertiary/aromatic N) is 1. The van der Waals surface area contributed by atoms with Crippen LogP contribution in [-0.2, 0) is 5.41 Å². The Balaban J connectivity index is 2.59.